The second-order valence-corrected chi connectivity index (χ2v) is 7.52. The number of methoxy groups -OCH3 is 1. The fraction of sp³-hybridized carbons (Fsp3) is 0.667. The third-order valence-electron chi connectivity index (χ3n) is 5.02. The molecule has 25 heavy (non-hydrogen) atoms. The van der Waals surface area contributed by atoms with Crippen LogP contribution in [0.1, 0.15) is 45.6 Å². The SMILES string of the molecule is COc1ccc(CC2CCN(C(=O)C(C)OCCC(C)C)CC2)cc1. The lowest BCUT2D eigenvalue weighted by Crippen LogP contribution is -2.44. The predicted octanol–water partition coefficient (Wildman–Crippen LogP) is 3.93. The summed E-state index contributed by atoms with van der Waals surface area (Å²) in [6.07, 6.45) is 3.89. The van der Waals surface area contributed by atoms with Crippen LogP contribution in [0.5, 0.6) is 5.75 Å². The minimum Gasteiger partial charge on any atom is -0.497 e. The largest absolute Gasteiger partial charge is 0.497 e. The minimum atomic E-state index is -0.322. The van der Waals surface area contributed by atoms with E-state index in [2.05, 4.69) is 26.0 Å². The minimum absolute atomic E-state index is 0.145. The van der Waals surface area contributed by atoms with E-state index in [9.17, 15) is 4.79 Å². The number of nitrogens with zero attached hydrogens (tertiary/aromatic N) is 1. The zero-order valence-corrected chi connectivity index (χ0v) is 16.2. The first-order chi connectivity index (χ1) is 12.0. The molecule has 1 unspecified atom stereocenters. The molecule has 0 aromatic heterocycles. The highest BCUT2D eigenvalue weighted by molar-refractivity contribution is 5.80. The molecule has 0 N–H and O–H groups in total. The van der Waals surface area contributed by atoms with Gasteiger partial charge in [0.05, 0.1) is 7.11 Å². The van der Waals surface area contributed by atoms with Crippen molar-refractivity contribution in [1.82, 2.24) is 4.90 Å². The molecule has 1 amide bonds. The Bertz CT molecular complexity index is 518. The highest BCUT2D eigenvalue weighted by Gasteiger charge is 2.26. The number of ether oxygens (including phenoxy) is 2. The first-order valence-electron chi connectivity index (χ1n) is 9.53. The van der Waals surface area contributed by atoms with E-state index in [1.165, 1.54) is 5.56 Å². The average molecular weight is 347 g/mol. The summed E-state index contributed by atoms with van der Waals surface area (Å²) >= 11 is 0. The molecule has 0 saturated carbocycles. The van der Waals surface area contributed by atoms with E-state index >= 15 is 0 Å². The van der Waals surface area contributed by atoms with E-state index < -0.39 is 0 Å². The van der Waals surface area contributed by atoms with Gasteiger partial charge in [0.1, 0.15) is 11.9 Å². The molecule has 1 aliphatic heterocycles. The van der Waals surface area contributed by atoms with Crippen LogP contribution in [-0.4, -0.2) is 43.7 Å². The van der Waals surface area contributed by atoms with Crippen LogP contribution in [0.25, 0.3) is 0 Å². The number of benzene rings is 1. The summed E-state index contributed by atoms with van der Waals surface area (Å²) in [6, 6.07) is 8.32. The lowest BCUT2D eigenvalue weighted by atomic mass is 9.90. The molecule has 140 valence electrons. The molecule has 4 heteroatoms. The first-order valence-corrected chi connectivity index (χ1v) is 9.53. The number of hydrogen-bond acceptors (Lipinski definition) is 3. The second-order valence-electron chi connectivity index (χ2n) is 7.52. The summed E-state index contributed by atoms with van der Waals surface area (Å²) in [5.74, 6) is 2.30. The molecule has 0 bridgehead atoms. The van der Waals surface area contributed by atoms with Crippen molar-refractivity contribution < 1.29 is 14.3 Å². The van der Waals surface area contributed by atoms with Gasteiger partial charge in [-0.1, -0.05) is 26.0 Å². The molecule has 0 aliphatic carbocycles. The van der Waals surface area contributed by atoms with Gasteiger partial charge < -0.3 is 14.4 Å². The molecule has 1 fully saturated rings. The van der Waals surface area contributed by atoms with Gasteiger partial charge in [0.25, 0.3) is 5.91 Å². The summed E-state index contributed by atoms with van der Waals surface area (Å²) in [5.41, 5.74) is 1.34. The monoisotopic (exact) mass is 347 g/mol. The summed E-state index contributed by atoms with van der Waals surface area (Å²) in [7, 11) is 1.69. The van der Waals surface area contributed by atoms with Crippen molar-refractivity contribution in [1.29, 1.82) is 0 Å². The smallest absolute Gasteiger partial charge is 0.251 e. The summed E-state index contributed by atoms with van der Waals surface area (Å²) in [5, 5.41) is 0. The van der Waals surface area contributed by atoms with Crippen LogP contribution in [0.15, 0.2) is 24.3 Å². The number of piperidine rings is 1. The Hall–Kier alpha value is -1.55. The molecule has 1 aromatic rings. The highest BCUT2D eigenvalue weighted by Crippen LogP contribution is 2.23. The maximum absolute atomic E-state index is 12.5. The quantitative estimate of drug-likeness (QED) is 0.715. The zero-order valence-electron chi connectivity index (χ0n) is 16.2. The van der Waals surface area contributed by atoms with E-state index in [1.54, 1.807) is 7.11 Å². The Morgan fingerprint density at radius 3 is 2.36 bits per heavy atom. The van der Waals surface area contributed by atoms with Crippen molar-refractivity contribution >= 4 is 5.91 Å². The Labute approximate surface area is 152 Å². The topological polar surface area (TPSA) is 38.8 Å². The van der Waals surface area contributed by atoms with Crippen LogP contribution in [-0.2, 0) is 16.0 Å². The van der Waals surface area contributed by atoms with Crippen molar-refractivity contribution in [2.45, 2.75) is 52.6 Å². The fourth-order valence-corrected chi connectivity index (χ4v) is 3.26. The zero-order chi connectivity index (χ0) is 18.2. The molecule has 1 aliphatic rings. The molecule has 0 spiro atoms. The van der Waals surface area contributed by atoms with Gasteiger partial charge in [-0.05, 0) is 62.1 Å². The number of hydrogen-bond donors (Lipinski definition) is 0. The van der Waals surface area contributed by atoms with Crippen LogP contribution in [0.4, 0.5) is 0 Å². The van der Waals surface area contributed by atoms with Gasteiger partial charge in [-0.3, -0.25) is 4.79 Å². The molecule has 2 rings (SSSR count). The summed E-state index contributed by atoms with van der Waals surface area (Å²) in [6.45, 7) is 8.58. The van der Waals surface area contributed by atoms with Crippen molar-refractivity contribution in [3.63, 3.8) is 0 Å². The standard InChI is InChI=1S/C21H33NO3/c1-16(2)11-14-25-17(3)21(23)22-12-9-19(10-13-22)15-18-5-7-20(24-4)8-6-18/h5-8,16-17,19H,9-15H2,1-4H3. The van der Waals surface area contributed by atoms with Gasteiger partial charge in [0, 0.05) is 19.7 Å². The number of likely N-dealkylation sites (tertiary alicyclic amines) is 1. The molecule has 4 nitrogen and oxygen atoms in total. The van der Waals surface area contributed by atoms with Crippen molar-refractivity contribution in [2.24, 2.45) is 11.8 Å². The van der Waals surface area contributed by atoms with Gasteiger partial charge in [-0.2, -0.15) is 0 Å². The van der Waals surface area contributed by atoms with Gasteiger partial charge >= 0.3 is 0 Å². The number of carbonyl (C=O) groups is 1. The maximum Gasteiger partial charge on any atom is 0.251 e. The third-order valence-corrected chi connectivity index (χ3v) is 5.02. The maximum atomic E-state index is 12.5. The molecular formula is C21H33NO3. The van der Waals surface area contributed by atoms with E-state index in [0.717, 1.165) is 44.5 Å². The van der Waals surface area contributed by atoms with Crippen LogP contribution in [0.3, 0.4) is 0 Å². The van der Waals surface area contributed by atoms with E-state index in [1.807, 2.05) is 24.0 Å². The van der Waals surface area contributed by atoms with Crippen LogP contribution in [0.2, 0.25) is 0 Å². The Morgan fingerprint density at radius 1 is 1.16 bits per heavy atom. The summed E-state index contributed by atoms with van der Waals surface area (Å²) in [4.78, 5) is 14.5. The van der Waals surface area contributed by atoms with Crippen molar-refractivity contribution in [3.05, 3.63) is 29.8 Å². The van der Waals surface area contributed by atoms with Gasteiger partial charge in [-0.25, -0.2) is 0 Å². The van der Waals surface area contributed by atoms with Crippen LogP contribution in [0, 0.1) is 11.8 Å². The molecule has 1 saturated heterocycles. The Balaban J connectivity index is 1.73. The average Bonchev–Trinajstić information content (AvgIpc) is 2.62. The van der Waals surface area contributed by atoms with E-state index in [-0.39, 0.29) is 12.0 Å². The Kier molecular flexibility index (Phi) is 7.76. The number of carbonyl (C=O) groups excluding carboxylic acids is 1. The summed E-state index contributed by atoms with van der Waals surface area (Å²) < 4.78 is 10.9. The van der Waals surface area contributed by atoms with Gasteiger partial charge in [0.2, 0.25) is 0 Å². The lowest BCUT2D eigenvalue weighted by Gasteiger charge is -2.33. The molecule has 1 aromatic carbocycles. The molecular weight excluding hydrogens is 314 g/mol. The Morgan fingerprint density at radius 2 is 1.80 bits per heavy atom. The van der Waals surface area contributed by atoms with Gasteiger partial charge in [-0.15, -0.1) is 0 Å². The highest BCUT2D eigenvalue weighted by atomic mass is 16.5. The van der Waals surface area contributed by atoms with E-state index in [0.29, 0.717) is 18.4 Å². The van der Waals surface area contributed by atoms with Crippen molar-refractivity contribution in [3.8, 4) is 5.75 Å². The normalized spacial score (nSPS) is 16.9. The molecule has 1 heterocycles. The predicted molar refractivity (Wildman–Crippen MR) is 101 cm³/mol. The fourth-order valence-electron chi connectivity index (χ4n) is 3.26. The van der Waals surface area contributed by atoms with Crippen LogP contribution < -0.4 is 4.74 Å². The first kappa shape index (κ1) is 19.8. The third kappa shape index (κ3) is 6.35. The van der Waals surface area contributed by atoms with Crippen LogP contribution >= 0.6 is 0 Å². The lowest BCUT2D eigenvalue weighted by molar-refractivity contribution is -0.144. The second kappa shape index (κ2) is 9.81. The number of amides is 1. The number of rotatable bonds is 8. The molecule has 0 radical (unpaired) electrons. The molecule has 1 atom stereocenters. The van der Waals surface area contributed by atoms with Gasteiger partial charge in [0.15, 0.2) is 0 Å². The van der Waals surface area contributed by atoms with Crippen molar-refractivity contribution in [2.75, 3.05) is 26.8 Å². The van der Waals surface area contributed by atoms with E-state index in [4.69, 9.17) is 9.47 Å².